The van der Waals surface area contributed by atoms with Gasteiger partial charge in [0.15, 0.2) is 0 Å². The molecule has 0 aliphatic rings. The molecule has 0 saturated heterocycles. The summed E-state index contributed by atoms with van der Waals surface area (Å²) in [5.41, 5.74) is 1.70. The molecule has 2 aromatic carbocycles. The summed E-state index contributed by atoms with van der Waals surface area (Å²) in [5.74, 6) is -0.646. The van der Waals surface area contributed by atoms with Crippen LogP contribution in [-0.4, -0.2) is 24.6 Å². The summed E-state index contributed by atoms with van der Waals surface area (Å²) in [5, 5.41) is 2.77. The van der Waals surface area contributed by atoms with E-state index in [1.54, 1.807) is 18.2 Å². The largest absolute Gasteiger partial charge is 0.323 e. The quantitative estimate of drug-likeness (QED) is 0.557. The zero-order chi connectivity index (χ0) is 18.1. The zero-order valence-corrected chi connectivity index (χ0v) is 14.5. The smallest absolute Gasteiger partial charge is 0.264 e. The molecule has 0 aliphatic heterocycles. The molecule has 2 rings (SSSR count). The zero-order valence-electron chi connectivity index (χ0n) is 13.7. The third kappa shape index (κ3) is 7.32. The second kappa shape index (κ2) is 9.15. The number of hydrogen-bond acceptors (Lipinski definition) is 3. The van der Waals surface area contributed by atoms with Crippen LogP contribution in [0.1, 0.15) is 24.3 Å². The van der Waals surface area contributed by atoms with Gasteiger partial charge in [0.05, 0.1) is 5.75 Å². The molecule has 1 unspecified atom stereocenters. The van der Waals surface area contributed by atoms with E-state index in [1.807, 2.05) is 48.5 Å². The first-order chi connectivity index (χ1) is 11.9. The number of rotatable bonds is 8. The van der Waals surface area contributed by atoms with Crippen molar-refractivity contribution in [1.82, 2.24) is 0 Å². The maximum Gasteiger partial charge on any atom is 0.264 e. The number of carbonyl (C=O) groups excluding carboxylic acids is 1. The fraction of sp³-hybridized carbons (Fsp3) is 0.211. The van der Waals surface area contributed by atoms with Gasteiger partial charge in [-0.15, -0.1) is 0 Å². The first-order valence-electron chi connectivity index (χ1n) is 7.98. The van der Waals surface area contributed by atoms with Crippen LogP contribution in [0.15, 0.2) is 72.8 Å². The molecule has 0 spiro atoms. The monoisotopic (exact) mass is 359 g/mol. The second-order valence-corrected chi connectivity index (χ2v) is 7.23. The lowest BCUT2D eigenvalue weighted by molar-refractivity contribution is -0.111. The van der Waals surface area contributed by atoms with Crippen LogP contribution in [0.3, 0.4) is 0 Å². The van der Waals surface area contributed by atoms with Crippen molar-refractivity contribution in [2.75, 3.05) is 11.1 Å². The maximum atomic E-state index is 12.0. The summed E-state index contributed by atoms with van der Waals surface area (Å²) in [4.78, 5) is 12.0. The van der Waals surface area contributed by atoms with Gasteiger partial charge >= 0.3 is 0 Å². The molecule has 0 aromatic heterocycles. The molecule has 25 heavy (non-hydrogen) atoms. The molecule has 2 N–H and O–H groups in total. The van der Waals surface area contributed by atoms with Crippen molar-refractivity contribution < 1.29 is 17.8 Å². The Bertz CT molecular complexity index is 802. The van der Waals surface area contributed by atoms with E-state index in [9.17, 15) is 13.2 Å². The van der Waals surface area contributed by atoms with Crippen molar-refractivity contribution in [3.8, 4) is 0 Å². The molecule has 1 amide bonds. The average molecular weight is 359 g/mol. The van der Waals surface area contributed by atoms with E-state index in [4.69, 9.17) is 4.55 Å². The summed E-state index contributed by atoms with van der Waals surface area (Å²) >= 11 is 0. The SMILES string of the molecule is O=C(C=CC(CCCS(=O)(=O)O)c1ccccc1)Nc1ccccc1. The minimum atomic E-state index is -3.98. The van der Waals surface area contributed by atoms with Crippen LogP contribution in [0.5, 0.6) is 0 Å². The molecule has 6 heteroatoms. The van der Waals surface area contributed by atoms with Gasteiger partial charge in [0.1, 0.15) is 0 Å². The lowest BCUT2D eigenvalue weighted by Crippen LogP contribution is -2.09. The summed E-state index contributed by atoms with van der Waals surface area (Å²) in [7, 11) is -3.98. The van der Waals surface area contributed by atoms with E-state index in [1.165, 1.54) is 6.08 Å². The highest BCUT2D eigenvalue weighted by Gasteiger charge is 2.11. The molecule has 0 heterocycles. The Morgan fingerprint density at radius 2 is 1.64 bits per heavy atom. The number of benzene rings is 2. The summed E-state index contributed by atoms with van der Waals surface area (Å²) in [6.07, 6.45) is 4.04. The lowest BCUT2D eigenvalue weighted by atomic mass is 9.94. The highest BCUT2D eigenvalue weighted by Crippen LogP contribution is 2.23. The van der Waals surface area contributed by atoms with Gasteiger partial charge in [0.25, 0.3) is 10.1 Å². The third-order valence-electron chi connectivity index (χ3n) is 3.67. The topological polar surface area (TPSA) is 83.5 Å². The number of carbonyl (C=O) groups is 1. The lowest BCUT2D eigenvalue weighted by Gasteiger charge is -2.13. The molecule has 132 valence electrons. The fourth-order valence-corrected chi connectivity index (χ4v) is 3.00. The average Bonchev–Trinajstić information content (AvgIpc) is 2.58. The predicted molar refractivity (Wildman–Crippen MR) is 99.0 cm³/mol. The second-order valence-electron chi connectivity index (χ2n) is 5.66. The first-order valence-corrected chi connectivity index (χ1v) is 9.59. The molecular weight excluding hydrogens is 338 g/mol. The van der Waals surface area contributed by atoms with Crippen LogP contribution in [0.4, 0.5) is 5.69 Å². The normalized spacial score (nSPS) is 12.8. The highest BCUT2D eigenvalue weighted by atomic mass is 32.2. The summed E-state index contributed by atoms with van der Waals surface area (Å²) in [6, 6.07) is 18.7. The van der Waals surface area contributed by atoms with Crippen molar-refractivity contribution in [2.45, 2.75) is 18.8 Å². The molecule has 0 aliphatic carbocycles. The first kappa shape index (κ1) is 18.9. The molecule has 0 saturated carbocycles. The Hall–Kier alpha value is -2.44. The molecule has 0 fully saturated rings. The summed E-state index contributed by atoms with van der Waals surface area (Å²) in [6.45, 7) is 0. The van der Waals surface area contributed by atoms with Gasteiger partial charge in [0, 0.05) is 11.6 Å². The van der Waals surface area contributed by atoms with Gasteiger partial charge < -0.3 is 5.32 Å². The van der Waals surface area contributed by atoms with Crippen molar-refractivity contribution in [3.05, 3.63) is 78.4 Å². The van der Waals surface area contributed by atoms with Gasteiger partial charge in [0.2, 0.25) is 5.91 Å². The maximum absolute atomic E-state index is 12.0. The van der Waals surface area contributed by atoms with E-state index < -0.39 is 10.1 Å². The number of nitrogens with one attached hydrogen (secondary N) is 1. The predicted octanol–water partition coefficient (Wildman–Crippen LogP) is 3.63. The molecule has 1 atom stereocenters. The standard InChI is InChI=1S/C19H21NO4S/c21-19(20-18-11-5-2-6-12-18)14-13-17(10-7-15-25(22,23)24)16-8-3-1-4-9-16/h1-6,8-9,11-14,17H,7,10,15H2,(H,20,21)(H,22,23,24). The Morgan fingerprint density at radius 3 is 2.24 bits per heavy atom. The van der Waals surface area contributed by atoms with Gasteiger partial charge in [-0.2, -0.15) is 8.42 Å². The Balaban J connectivity index is 2.03. The van der Waals surface area contributed by atoms with E-state index in [0.717, 1.165) is 5.56 Å². The van der Waals surface area contributed by atoms with Crippen LogP contribution < -0.4 is 5.32 Å². The minimum absolute atomic E-state index is 0.107. The Morgan fingerprint density at radius 1 is 1.04 bits per heavy atom. The van der Waals surface area contributed by atoms with Crippen molar-refractivity contribution in [3.63, 3.8) is 0 Å². The van der Waals surface area contributed by atoms with E-state index in [0.29, 0.717) is 18.5 Å². The molecular formula is C19H21NO4S. The van der Waals surface area contributed by atoms with Crippen LogP contribution >= 0.6 is 0 Å². The number of para-hydroxylation sites is 1. The number of amides is 1. The fourth-order valence-electron chi connectivity index (χ4n) is 2.47. The number of hydrogen-bond donors (Lipinski definition) is 2. The molecule has 5 nitrogen and oxygen atoms in total. The van der Waals surface area contributed by atoms with Crippen LogP contribution in [0.25, 0.3) is 0 Å². The molecule has 0 bridgehead atoms. The van der Waals surface area contributed by atoms with Crippen molar-refractivity contribution in [2.24, 2.45) is 0 Å². The van der Waals surface area contributed by atoms with Crippen LogP contribution in [0, 0.1) is 0 Å². The van der Waals surface area contributed by atoms with Gasteiger partial charge in [-0.1, -0.05) is 54.6 Å². The number of anilines is 1. The molecule has 0 radical (unpaired) electrons. The van der Waals surface area contributed by atoms with Gasteiger partial charge in [-0.3, -0.25) is 9.35 Å². The van der Waals surface area contributed by atoms with Gasteiger partial charge in [-0.05, 0) is 36.6 Å². The van der Waals surface area contributed by atoms with E-state index >= 15 is 0 Å². The van der Waals surface area contributed by atoms with Crippen molar-refractivity contribution >= 4 is 21.7 Å². The highest BCUT2D eigenvalue weighted by molar-refractivity contribution is 7.85. The number of allylic oxidation sites excluding steroid dienone is 1. The van der Waals surface area contributed by atoms with Crippen molar-refractivity contribution in [1.29, 1.82) is 0 Å². The van der Waals surface area contributed by atoms with Crippen LogP contribution in [0.2, 0.25) is 0 Å². The summed E-state index contributed by atoms with van der Waals surface area (Å²) < 4.78 is 30.7. The van der Waals surface area contributed by atoms with E-state index in [2.05, 4.69) is 5.32 Å². The Kier molecular flexibility index (Phi) is 6.91. The Labute approximate surface area is 148 Å². The minimum Gasteiger partial charge on any atom is -0.323 e. The molecule has 2 aromatic rings. The third-order valence-corrected chi connectivity index (χ3v) is 4.47. The van der Waals surface area contributed by atoms with E-state index in [-0.39, 0.29) is 17.6 Å². The van der Waals surface area contributed by atoms with Gasteiger partial charge in [-0.25, -0.2) is 0 Å². The van der Waals surface area contributed by atoms with Crippen LogP contribution in [-0.2, 0) is 14.9 Å².